The number of nitrogens with zero attached hydrogens (tertiary/aromatic N) is 4. The second kappa shape index (κ2) is 8.82. The standard InChI is InChI=1S/C17H24N6O.ClH/c1-22(2)16-7-3-5-13(20-16)11-19-17(24)15-8-10-23(21-15)14-6-4-9-18-12-14;/h3,5,7-8,10,14,18H,4,6,9,11-12H2,1-2H3,(H,19,24);1H. The van der Waals surface area contributed by atoms with E-state index in [2.05, 4.69) is 20.7 Å². The molecule has 136 valence electrons. The Balaban J connectivity index is 0.00000225. The summed E-state index contributed by atoms with van der Waals surface area (Å²) in [5.74, 6) is 0.699. The van der Waals surface area contributed by atoms with Gasteiger partial charge in [0.2, 0.25) is 0 Å². The van der Waals surface area contributed by atoms with Crippen LogP contribution in [0.15, 0.2) is 30.5 Å². The minimum Gasteiger partial charge on any atom is -0.363 e. The van der Waals surface area contributed by atoms with Gasteiger partial charge >= 0.3 is 0 Å². The highest BCUT2D eigenvalue weighted by Gasteiger charge is 2.17. The fourth-order valence-corrected chi connectivity index (χ4v) is 2.80. The summed E-state index contributed by atoms with van der Waals surface area (Å²) in [6.45, 7) is 2.35. The highest BCUT2D eigenvalue weighted by atomic mass is 35.5. The van der Waals surface area contributed by atoms with Crippen LogP contribution in [-0.4, -0.2) is 47.9 Å². The van der Waals surface area contributed by atoms with Crippen molar-refractivity contribution in [2.75, 3.05) is 32.1 Å². The number of carbonyl (C=O) groups is 1. The van der Waals surface area contributed by atoms with Crippen molar-refractivity contribution in [2.24, 2.45) is 0 Å². The summed E-state index contributed by atoms with van der Waals surface area (Å²) in [6.07, 6.45) is 4.12. The maximum Gasteiger partial charge on any atom is 0.272 e. The maximum absolute atomic E-state index is 12.3. The largest absolute Gasteiger partial charge is 0.363 e. The van der Waals surface area contributed by atoms with E-state index in [0.29, 0.717) is 18.3 Å². The summed E-state index contributed by atoms with van der Waals surface area (Å²) in [4.78, 5) is 18.7. The molecule has 1 atom stereocenters. The molecule has 7 nitrogen and oxygen atoms in total. The minimum atomic E-state index is -0.172. The van der Waals surface area contributed by atoms with E-state index in [-0.39, 0.29) is 18.3 Å². The van der Waals surface area contributed by atoms with Crippen LogP contribution in [0.4, 0.5) is 5.82 Å². The normalized spacial score (nSPS) is 16.8. The van der Waals surface area contributed by atoms with Gasteiger partial charge < -0.3 is 15.5 Å². The monoisotopic (exact) mass is 364 g/mol. The van der Waals surface area contributed by atoms with Crippen LogP contribution >= 0.6 is 12.4 Å². The van der Waals surface area contributed by atoms with Crippen molar-refractivity contribution in [3.05, 3.63) is 41.9 Å². The Hall–Kier alpha value is -2.12. The molecule has 1 aliphatic heterocycles. The third-order valence-corrected chi connectivity index (χ3v) is 4.17. The molecular weight excluding hydrogens is 340 g/mol. The van der Waals surface area contributed by atoms with E-state index in [4.69, 9.17) is 0 Å². The van der Waals surface area contributed by atoms with Crippen molar-refractivity contribution in [3.8, 4) is 0 Å². The lowest BCUT2D eigenvalue weighted by molar-refractivity contribution is 0.0944. The van der Waals surface area contributed by atoms with Gasteiger partial charge in [0.15, 0.2) is 0 Å². The van der Waals surface area contributed by atoms with Crippen LogP contribution in [0.2, 0.25) is 0 Å². The van der Waals surface area contributed by atoms with Crippen LogP contribution in [0.3, 0.4) is 0 Å². The fraction of sp³-hybridized carbons (Fsp3) is 0.471. The van der Waals surface area contributed by atoms with Crippen molar-refractivity contribution < 1.29 is 4.79 Å². The van der Waals surface area contributed by atoms with Gasteiger partial charge in [-0.25, -0.2) is 4.98 Å². The molecule has 1 aliphatic rings. The van der Waals surface area contributed by atoms with Gasteiger partial charge in [0.25, 0.3) is 5.91 Å². The van der Waals surface area contributed by atoms with E-state index in [9.17, 15) is 4.79 Å². The zero-order valence-corrected chi connectivity index (χ0v) is 15.4. The van der Waals surface area contributed by atoms with Gasteiger partial charge in [-0.15, -0.1) is 12.4 Å². The van der Waals surface area contributed by atoms with Gasteiger partial charge in [0.1, 0.15) is 11.5 Å². The fourth-order valence-electron chi connectivity index (χ4n) is 2.80. The Kier molecular flexibility index (Phi) is 6.78. The predicted octanol–water partition coefficient (Wildman–Crippen LogP) is 1.62. The molecule has 1 saturated heterocycles. The first kappa shape index (κ1) is 19.2. The van der Waals surface area contributed by atoms with Crippen LogP contribution in [0.25, 0.3) is 0 Å². The van der Waals surface area contributed by atoms with E-state index in [1.165, 1.54) is 0 Å². The molecule has 3 heterocycles. The number of aromatic nitrogens is 3. The number of hydrogen-bond acceptors (Lipinski definition) is 5. The maximum atomic E-state index is 12.3. The van der Waals surface area contributed by atoms with Gasteiger partial charge in [-0.1, -0.05) is 6.07 Å². The number of nitrogens with one attached hydrogen (secondary N) is 2. The molecular formula is C17H25ClN6O. The number of rotatable bonds is 5. The summed E-state index contributed by atoms with van der Waals surface area (Å²) in [6, 6.07) is 7.88. The molecule has 0 aromatic carbocycles. The highest BCUT2D eigenvalue weighted by molar-refractivity contribution is 5.92. The van der Waals surface area contributed by atoms with Crippen molar-refractivity contribution in [1.82, 2.24) is 25.4 Å². The van der Waals surface area contributed by atoms with Crippen LogP contribution in [0.1, 0.15) is 35.1 Å². The summed E-state index contributed by atoms with van der Waals surface area (Å²) in [7, 11) is 3.88. The first-order valence-corrected chi connectivity index (χ1v) is 8.31. The number of piperidine rings is 1. The first-order valence-electron chi connectivity index (χ1n) is 8.31. The quantitative estimate of drug-likeness (QED) is 0.843. The van der Waals surface area contributed by atoms with Gasteiger partial charge in [0.05, 0.1) is 18.3 Å². The molecule has 1 amide bonds. The molecule has 1 fully saturated rings. The molecule has 2 N–H and O–H groups in total. The average Bonchev–Trinajstić information content (AvgIpc) is 3.11. The average molecular weight is 365 g/mol. The molecule has 25 heavy (non-hydrogen) atoms. The van der Waals surface area contributed by atoms with E-state index in [0.717, 1.165) is 37.4 Å². The van der Waals surface area contributed by atoms with E-state index >= 15 is 0 Å². The van der Waals surface area contributed by atoms with E-state index < -0.39 is 0 Å². The number of halogens is 1. The molecule has 2 aromatic rings. The molecule has 2 aromatic heterocycles. The van der Waals surface area contributed by atoms with Crippen molar-refractivity contribution in [3.63, 3.8) is 0 Å². The van der Waals surface area contributed by atoms with E-state index in [1.54, 1.807) is 6.07 Å². The van der Waals surface area contributed by atoms with Crippen molar-refractivity contribution in [2.45, 2.75) is 25.4 Å². The van der Waals surface area contributed by atoms with Crippen LogP contribution in [0.5, 0.6) is 0 Å². The zero-order chi connectivity index (χ0) is 16.9. The molecule has 1 unspecified atom stereocenters. The molecule has 0 saturated carbocycles. The number of carbonyl (C=O) groups excluding carboxylic acids is 1. The van der Waals surface area contributed by atoms with Crippen LogP contribution in [0, 0.1) is 0 Å². The van der Waals surface area contributed by atoms with Crippen molar-refractivity contribution in [1.29, 1.82) is 0 Å². The van der Waals surface area contributed by atoms with Gasteiger partial charge in [-0.05, 0) is 37.6 Å². The Morgan fingerprint density at radius 3 is 2.96 bits per heavy atom. The highest BCUT2D eigenvalue weighted by Crippen LogP contribution is 2.15. The summed E-state index contributed by atoms with van der Waals surface area (Å²) in [5.41, 5.74) is 1.27. The van der Waals surface area contributed by atoms with Crippen LogP contribution < -0.4 is 15.5 Å². The molecule has 0 radical (unpaired) electrons. The summed E-state index contributed by atoms with van der Waals surface area (Å²) in [5, 5.41) is 10.7. The number of pyridine rings is 1. The molecule has 0 bridgehead atoms. The summed E-state index contributed by atoms with van der Waals surface area (Å²) >= 11 is 0. The Morgan fingerprint density at radius 1 is 1.40 bits per heavy atom. The second-order valence-corrected chi connectivity index (χ2v) is 6.25. The number of anilines is 1. The second-order valence-electron chi connectivity index (χ2n) is 6.25. The molecule has 8 heteroatoms. The number of hydrogen-bond donors (Lipinski definition) is 2. The third-order valence-electron chi connectivity index (χ3n) is 4.17. The Morgan fingerprint density at radius 2 is 2.24 bits per heavy atom. The Labute approximate surface area is 154 Å². The van der Waals surface area contributed by atoms with E-state index in [1.807, 2.05) is 48.1 Å². The van der Waals surface area contributed by atoms with Crippen LogP contribution in [-0.2, 0) is 6.54 Å². The number of amides is 1. The smallest absolute Gasteiger partial charge is 0.272 e. The molecule has 3 rings (SSSR count). The SMILES string of the molecule is CN(C)c1cccc(CNC(=O)c2ccn(C3CCCNC3)n2)n1.Cl. The lowest BCUT2D eigenvalue weighted by atomic mass is 10.1. The molecule has 0 spiro atoms. The minimum absolute atomic E-state index is 0. The van der Waals surface area contributed by atoms with Gasteiger partial charge in [0, 0.05) is 26.8 Å². The topological polar surface area (TPSA) is 75.1 Å². The van der Waals surface area contributed by atoms with Crippen molar-refractivity contribution >= 4 is 24.1 Å². The predicted molar refractivity (Wildman–Crippen MR) is 100 cm³/mol. The third kappa shape index (κ3) is 4.93. The first-order chi connectivity index (χ1) is 11.6. The Bertz CT molecular complexity index is 696. The summed E-state index contributed by atoms with van der Waals surface area (Å²) < 4.78 is 1.89. The van der Waals surface area contributed by atoms with Gasteiger partial charge in [-0.3, -0.25) is 9.48 Å². The lowest BCUT2D eigenvalue weighted by Crippen LogP contribution is -2.32. The van der Waals surface area contributed by atoms with Gasteiger partial charge in [-0.2, -0.15) is 5.10 Å². The lowest BCUT2D eigenvalue weighted by Gasteiger charge is -2.22. The zero-order valence-electron chi connectivity index (χ0n) is 14.6. The molecule has 0 aliphatic carbocycles.